The molecule has 1 atom stereocenters. The van der Waals surface area contributed by atoms with E-state index >= 15 is 0 Å². The van der Waals surface area contributed by atoms with E-state index in [1.54, 1.807) is 10.8 Å². The lowest BCUT2D eigenvalue weighted by Crippen LogP contribution is -2.33. The molecule has 0 radical (unpaired) electrons. The molecule has 3 heterocycles. The minimum Gasteiger partial charge on any atom is -0.507 e. The molecule has 182 valence electrons. The highest BCUT2D eigenvalue weighted by Crippen LogP contribution is 2.50. The highest BCUT2D eigenvalue weighted by molar-refractivity contribution is 6.00. The quantitative estimate of drug-likeness (QED) is 0.337. The maximum Gasteiger partial charge on any atom is 0.228 e. The van der Waals surface area contributed by atoms with Crippen molar-refractivity contribution in [3.05, 3.63) is 95.5 Å². The Labute approximate surface area is 213 Å². The molecular weight excluding hydrogens is 464 g/mol. The highest BCUT2D eigenvalue weighted by atomic mass is 16.5. The second-order valence-electron chi connectivity index (χ2n) is 10.6. The second kappa shape index (κ2) is 7.74. The number of hydrogen-bond acceptors (Lipinski definition) is 6. The number of aromatic nitrogens is 4. The zero-order valence-electron chi connectivity index (χ0n) is 20.5. The van der Waals surface area contributed by atoms with Crippen LogP contribution in [0.5, 0.6) is 11.6 Å². The summed E-state index contributed by atoms with van der Waals surface area (Å²) < 4.78 is 7.92. The molecule has 7 rings (SSSR count). The number of ether oxygens (including phenoxy) is 1. The summed E-state index contributed by atoms with van der Waals surface area (Å²) in [5.74, 6) is 1.34. The van der Waals surface area contributed by atoms with Gasteiger partial charge in [-0.05, 0) is 22.4 Å². The standard InChI is InChI=1S/C30H24N4O3/c1-30(2)14-21(35)24-22(15-30)37-29-25(23(24)18-9-4-3-5-10-18)28-32-27(33-34(28)16-31-29)20-13-12-17-8-6-7-11-19(17)26(20)36/h3-13,16,23,36H,14-15H2,1-2H3/t23-/m1/s1. The third-order valence-corrected chi connectivity index (χ3v) is 7.34. The lowest BCUT2D eigenvalue weighted by molar-refractivity contribution is -0.118. The summed E-state index contributed by atoms with van der Waals surface area (Å²) in [5, 5.41) is 17.4. The number of carbonyl (C=O) groups is 1. The molecule has 0 saturated heterocycles. The maximum absolute atomic E-state index is 13.5. The minimum absolute atomic E-state index is 0.0830. The molecule has 0 spiro atoms. The number of aromatic hydroxyl groups is 1. The Kier molecular flexibility index (Phi) is 4.55. The van der Waals surface area contributed by atoms with E-state index in [0.717, 1.165) is 16.3 Å². The fourth-order valence-corrected chi connectivity index (χ4v) is 5.67. The molecule has 7 heteroatoms. The second-order valence-corrected chi connectivity index (χ2v) is 10.6. The largest absolute Gasteiger partial charge is 0.507 e. The molecule has 5 aromatic rings. The summed E-state index contributed by atoms with van der Waals surface area (Å²) in [6, 6.07) is 21.4. The smallest absolute Gasteiger partial charge is 0.228 e. The molecule has 2 aliphatic rings. The van der Waals surface area contributed by atoms with Crippen molar-refractivity contribution in [3.8, 4) is 23.0 Å². The number of carbonyl (C=O) groups excluding carboxylic acids is 1. The molecule has 1 aliphatic heterocycles. The van der Waals surface area contributed by atoms with Crippen LogP contribution in [-0.2, 0) is 4.79 Å². The normalized spacial score (nSPS) is 18.5. The van der Waals surface area contributed by atoms with Crippen molar-refractivity contribution in [2.75, 3.05) is 0 Å². The number of fused-ring (bicyclic) bond motifs is 4. The average molecular weight is 489 g/mol. The van der Waals surface area contributed by atoms with E-state index in [9.17, 15) is 9.90 Å². The van der Waals surface area contributed by atoms with Crippen molar-refractivity contribution in [1.82, 2.24) is 19.6 Å². The number of benzene rings is 3. The van der Waals surface area contributed by atoms with Gasteiger partial charge < -0.3 is 9.84 Å². The molecule has 7 nitrogen and oxygen atoms in total. The number of phenols is 1. The van der Waals surface area contributed by atoms with Crippen molar-refractivity contribution in [2.45, 2.75) is 32.6 Å². The van der Waals surface area contributed by atoms with E-state index < -0.39 is 0 Å². The van der Waals surface area contributed by atoms with Crippen LogP contribution >= 0.6 is 0 Å². The molecular formula is C30H24N4O3. The summed E-state index contributed by atoms with van der Waals surface area (Å²) in [4.78, 5) is 23.0. The Bertz CT molecular complexity index is 1770. The van der Waals surface area contributed by atoms with E-state index in [-0.39, 0.29) is 22.9 Å². The zero-order valence-corrected chi connectivity index (χ0v) is 20.5. The van der Waals surface area contributed by atoms with Gasteiger partial charge >= 0.3 is 0 Å². The average Bonchev–Trinajstić information content (AvgIpc) is 3.32. The summed E-state index contributed by atoms with van der Waals surface area (Å²) in [7, 11) is 0. The molecule has 37 heavy (non-hydrogen) atoms. The Morgan fingerprint density at radius 2 is 1.78 bits per heavy atom. The van der Waals surface area contributed by atoms with Gasteiger partial charge in [0.25, 0.3) is 0 Å². The SMILES string of the molecule is CC1(C)CC(=O)C2=C(C1)Oc1ncn3nc(-c4ccc5ccccc5c4O)nc3c1[C@@H]2c1ccccc1. The van der Waals surface area contributed by atoms with Gasteiger partial charge in [0.1, 0.15) is 17.8 Å². The van der Waals surface area contributed by atoms with E-state index in [2.05, 4.69) is 23.9 Å². The summed E-state index contributed by atoms with van der Waals surface area (Å²) in [6.45, 7) is 4.17. The molecule has 0 bridgehead atoms. The molecule has 0 unspecified atom stereocenters. The number of Topliss-reactive ketones (excluding diaryl/α,β-unsaturated/α-hetero) is 1. The number of phenolic OH excluding ortho intramolecular Hbond substituents is 1. The Hall–Kier alpha value is -4.52. The van der Waals surface area contributed by atoms with Gasteiger partial charge in [-0.25, -0.2) is 14.5 Å². The van der Waals surface area contributed by atoms with Crippen LogP contribution in [0.1, 0.15) is 43.7 Å². The van der Waals surface area contributed by atoms with Crippen LogP contribution in [0.3, 0.4) is 0 Å². The van der Waals surface area contributed by atoms with Gasteiger partial charge in [-0.2, -0.15) is 0 Å². The number of nitrogens with zero attached hydrogens (tertiary/aromatic N) is 4. The van der Waals surface area contributed by atoms with E-state index in [4.69, 9.17) is 9.72 Å². The first-order chi connectivity index (χ1) is 17.9. The maximum atomic E-state index is 13.5. The van der Waals surface area contributed by atoms with E-state index in [1.807, 2.05) is 66.7 Å². The highest BCUT2D eigenvalue weighted by Gasteiger charge is 2.44. The van der Waals surface area contributed by atoms with E-state index in [1.165, 1.54) is 0 Å². The number of ketones is 1. The van der Waals surface area contributed by atoms with Crippen LogP contribution in [0.25, 0.3) is 27.8 Å². The lowest BCUT2D eigenvalue weighted by atomic mass is 9.70. The Morgan fingerprint density at radius 3 is 2.62 bits per heavy atom. The van der Waals surface area contributed by atoms with Crippen molar-refractivity contribution < 1.29 is 14.6 Å². The van der Waals surface area contributed by atoms with Gasteiger partial charge in [0.15, 0.2) is 17.3 Å². The zero-order chi connectivity index (χ0) is 25.3. The monoisotopic (exact) mass is 488 g/mol. The van der Waals surface area contributed by atoms with Crippen LogP contribution < -0.4 is 4.74 Å². The number of rotatable bonds is 2. The first-order valence-electron chi connectivity index (χ1n) is 12.3. The number of hydrogen-bond donors (Lipinski definition) is 1. The molecule has 0 amide bonds. The molecule has 0 fully saturated rings. The predicted octanol–water partition coefficient (Wildman–Crippen LogP) is 5.82. The first kappa shape index (κ1) is 21.7. The van der Waals surface area contributed by atoms with Gasteiger partial charge in [-0.15, -0.1) is 5.10 Å². The molecule has 1 aliphatic carbocycles. The van der Waals surface area contributed by atoms with Crippen molar-refractivity contribution in [3.63, 3.8) is 0 Å². The van der Waals surface area contributed by atoms with Gasteiger partial charge in [-0.1, -0.05) is 74.5 Å². The fraction of sp³-hybridized carbons (Fsp3) is 0.200. The minimum atomic E-state index is -0.373. The number of allylic oxidation sites excluding steroid dienone is 2. The molecule has 1 N–H and O–H groups in total. The van der Waals surface area contributed by atoms with Gasteiger partial charge in [0.05, 0.1) is 11.1 Å². The van der Waals surface area contributed by atoms with Gasteiger partial charge in [-0.3, -0.25) is 4.79 Å². The predicted molar refractivity (Wildman–Crippen MR) is 139 cm³/mol. The topological polar surface area (TPSA) is 89.6 Å². The van der Waals surface area contributed by atoms with Crippen LogP contribution in [0, 0.1) is 5.41 Å². The summed E-state index contributed by atoms with van der Waals surface area (Å²) in [6.07, 6.45) is 2.69. The third kappa shape index (κ3) is 3.34. The van der Waals surface area contributed by atoms with Crippen molar-refractivity contribution in [2.24, 2.45) is 5.41 Å². The molecule has 3 aromatic carbocycles. The van der Waals surface area contributed by atoms with Crippen LogP contribution in [-0.4, -0.2) is 30.5 Å². The summed E-state index contributed by atoms with van der Waals surface area (Å²) in [5.41, 5.74) is 3.24. The van der Waals surface area contributed by atoms with Crippen LogP contribution in [0.2, 0.25) is 0 Å². The van der Waals surface area contributed by atoms with Crippen molar-refractivity contribution >= 4 is 22.2 Å². The van der Waals surface area contributed by atoms with Gasteiger partial charge in [0, 0.05) is 29.7 Å². The van der Waals surface area contributed by atoms with Gasteiger partial charge in [0.2, 0.25) is 5.88 Å². The van der Waals surface area contributed by atoms with Crippen LogP contribution in [0.4, 0.5) is 0 Å². The Morgan fingerprint density at radius 1 is 1.00 bits per heavy atom. The lowest BCUT2D eigenvalue weighted by Gasteiger charge is -2.37. The van der Waals surface area contributed by atoms with Crippen molar-refractivity contribution in [1.29, 1.82) is 0 Å². The molecule has 0 saturated carbocycles. The van der Waals surface area contributed by atoms with Crippen LogP contribution in [0.15, 0.2) is 84.4 Å². The first-order valence-corrected chi connectivity index (χ1v) is 12.3. The Balaban J connectivity index is 1.46. The fourth-order valence-electron chi connectivity index (χ4n) is 5.67. The molecule has 2 aromatic heterocycles. The summed E-state index contributed by atoms with van der Waals surface area (Å²) >= 11 is 0. The van der Waals surface area contributed by atoms with E-state index in [0.29, 0.717) is 52.7 Å². The third-order valence-electron chi connectivity index (χ3n) is 7.34.